The van der Waals surface area contributed by atoms with Gasteiger partial charge in [-0.1, -0.05) is 23.2 Å². The molecule has 1 aliphatic carbocycles. The van der Waals surface area contributed by atoms with Gasteiger partial charge in [0.15, 0.2) is 0 Å². The molecule has 0 radical (unpaired) electrons. The van der Waals surface area contributed by atoms with E-state index in [0.29, 0.717) is 28.9 Å². The zero-order chi connectivity index (χ0) is 18.0. The molecule has 7 heteroatoms. The Bertz CT molecular complexity index is 759. The lowest BCUT2D eigenvalue weighted by Gasteiger charge is -2.26. The van der Waals surface area contributed by atoms with E-state index >= 15 is 0 Å². The van der Waals surface area contributed by atoms with Crippen LogP contribution in [-0.2, 0) is 17.9 Å². The molecule has 134 valence electrons. The van der Waals surface area contributed by atoms with Gasteiger partial charge in [-0.2, -0.15) is 0 Å². The Morgan fingerprint density at radius 3 is 2.84 bits per heavy atom. The Morgan fingerprint density at radius 2 is 2.16 bits per heavy atom. The van der Waals surface area contributed by atoms with Gasteiger partial charge in [0.05, 0.1) is 17.3 Å². The van der Waals surface area contributed by atoms with E-state index < -0.39 is 0 Å². The maximum Gasteiger partial charge on any atom is 0.226 e. The van der Waals surface area contributed by atoms with Crippen LogP contribution in [0.1, 0.15) is 37.4 Å². The molecule has 1 amide bonds. The highest BCUT2D eigenvalue weighted by Crippen LogP contribution is 2.32. The maximum atomic E-state index is 12.4. The molecule has 1 heterocycles. The van der Waals surface area contributed by atoms with Crippen LogP contribution < -0.4 is 4.74 Å². The predicted molar refractivity (Wildman–Crippen MR) is 101 cm³/mol. The van der Waals surface area contributed by atoms with Gasteiger partial charge in [0.1, 0.15) is 17.4 Å². The second kappa shape index (κ2) is 7.94. The van der Waals surface area contributed by atoms with E-state index in [1.807, 2.05) is 24.1 Å². The smallest absolute Gasteiger partial charge is 0.226 e. The van der Waals surface area contributed by atoms with Gasteiger partial charge >= 0.3 is 0 Å². The number of aromatic nitrogens is 1. The average molecular weight is 399 g/mol. The van der Waals surface area contributed by atoms with Gasteiger partial charge in [0.2, 0.25) is 5.91 Å². The molecule has 1 aromatic heterocycles. The van der Waals surface area contributed by atoms with Crippen molar-refractivity contribution >= 4 is 40.4 Å². The minimum absolute atomic E-state index is 0.166. The van der Waals surface area contributed by atoms with Crippen molar-refractivity contribution < 1.29 is 9.53 Å². The van der Waals surface area contributed by atoms with Crippen molar-refractivity contribution in [3.8, 4) is 5.75 Å². The summed E-state index contributed by atoms with van der Waals surface area (Å²) < 4.78 is 5.72. The normalized spacial score (nSPS) is 14.0. The van der Waals surface area contributed by atoms with Gasteiger partial charge in [-0.05, 0) is 38.8 Å². The number of hydrogen-bond acceptors (Lipinski definition) is 4. The molecule has 1 fully saturated rings. The van der Waals surface area contributed by atoms with Gasteiger partial charge < -0.3 is 9.64 Å². The number of hydrogen-bond donors (Lipinski definition) is 0. The molecule has 0 aliphatic heterocycles. The molecule has 0 spiro atoms. The number of carbonyl (C=O) groups is 1. The Labute approximate surface area is 161 Å². The van der Waals surface area contributed by atoms with E-state index in [4.69, 9.17) is 27.9 Å². The maximum absolute atomic E-state index is 12.4. The van der Waals surface area contributed by atoms with Crippen molar-refractivity contribution in [2.45, 2.75) is 45.9 Å². The van der Waals surface area contributed by atoms with Crippen LogP contribution in [0.3, 0.4) is 0 Å². The summed E-state index contributed by atoms with van der Waals surface area (Å²) in [5.74, 6) is 0.999. The summed E-state index contributed by atoms with van der Waals surface area (Å²) in [5.41, 5.74) is 0.892. The van der Waals surface area contributed by atoms with Crippen molar-refractivity contribution in [3.63, 3.8) is 0 Å². The fourth-order valence-corrected chi connectivity index (χ4v) is 3.50. The SMILES string of the molecule is CC(C)N(Cc1csc(COc2cc(Cl)ccc2Cl)n1)C(=O)C1CC1. The first-order valence-electron chi connectivity index (χ1n) is 8.25. The summed E-state index contributed by atoms with van der Waals surface area (Å²) in [6, 6.07) is 5.28. The van der Waals surface area contributed by atoms with Crippen LogP contribution in [0.5, 0.6) is 5.75 Å². The van der Waals surface area contributed by atoms with Crippen molar-refractivity contribution in [1.29, 1.82) is 0 Å². The summed E-state index contributed by atoms with van der Waals surface area (Å²) in [7, 11) is 0. The summed E-state index contributed by atoms with van der Waals surface area (Å²) in [5, 5.41) is 3.91. The summed E-state index contributed by atoms with van der Waals surface area (Å²) >= 11 is 13.6. The largest absolute Gasteiger partial charge is 0.485 e. The fourth-order valence-electron chi connectivity index (χ4n) is 2.47. The van der Waals surface area contributed by atoms with Gasteiger partial charge in [0, 0.05) is 28.4 Å². The monoisotopic (exact) mass is 398 g/mol. The number of rotatable bonds is 7. The number of amides is 1. The Kier molecular flexibility index (Phi) is 5.87. The number of carbonyl (C=O) groups excluding carboxylic acids is 1. The van der Waals surface area contributed by atoms with E-state index in [-0.39, 0.29) is 17.9 Å². The Hall–Kier alpha value is -1.30. The second-order valence-electron chi connectivity index (χ2n) is 6.43. The predicted octanol–water partition coefficient (Wildman–Crippen LogP) is 5.18. The van der Waals surface area contributed by atoms with Gasteiger partial charge in [0.25, 0.3) is 0 Å². The number of halogens is 2. The minimum atomic E-state index is 0.166. The number of ether oxygens (including phenoxy) is 1. The van der Waals surface area contributed by atoms with Crippen molar-refractivity contribution in [1.82, 2.24) is 9.88 Å². The van der Waals surface area contributed by atoms with Gasteiger partial charge in [-0.3, -0.25) is 4.79 Å². The highest BCUT2D eigenvalue weighted by molar-refractivity contribution is 7.09. The first-order valence-corrected chi connectivity index (χ1v) is 9.89. The lowest BCUT2D eigenvalue weighted by Crippen LogP contribution is -2.37. The molecule has 0 N–H and O–H groups in total. The van der Waals surface area contributed by atoms with Crippen LogP contribution in [-0.4, -0.2) is 21.8 Å². The molecule has 0 bridgehead atoms. The molecule has 0 atom stereocenters. The molecule has 0 unspecified atom stereocenters. The number of nitrogens with zero attached hydrogens (tertiary/aromatic N) is 2. The third-order valence-electron chi connectivity index (χ3n) is 4.01. The third kappa shape index (κ3) is 4.87. The standard InChI is InChI=1S/C18H20Cl2N2O2S/c1-11(2)22(18(23)12-3-4-12)8-14-10-25-17(21-14)9-24-16-7-13(19)5-6-15(16)20/h5-7,10-12H,3-4,8-9H2,1-2H3. The molecule has 1 aliphatic rings. The van der Waals surface area contributed by atoms with Crippen LogP contribution in [0.15, 0.2) is 23.6 Å². The zero-order valence-corrected chi connectivity index (χ0v) is 16.5. The molecule has 1 aromatic carbocycles. The fraction of sp³-hybridized carbons (Fsp3) is 0.444. The van der Waals surface area contributed by atoms with Crippen molar-refractivity contribution in [2.75, 3.05) is 0 Å². The van der Waals surface area contributed by atoms with Crippen molar-refractivity contribution in [3.05, 3.63) is 44.3 Å². The Morgan fingerprint density at radius 1 is 1.40 bits per heavy atom. The van der Waals surface area contributed by atoms with E-state index in [9.17, 15) is 4.79 Å². The lowest BCUT2D eigenvalue weighted by molar-refractivity contribution is -0.135. The highest BCUT2D eigenvalue weighted by atomic mass is 35.5. The first-order chi connectivity index (χ1) is 11.9. The second-order valence-corrected chi connectivity index (χ2v) is 8.22. The van der Waals surface area contributed by atoms with Crippen LogP contribution in [0.2, 0.25) is 10.0 Å². The topological polar surface area (TPSA) is 42.4 Å². The molecule has 3 rings (SSSR count). The highest BCUT2D eigenvalue weighted by Gasteiger charge is 2.34. The average Bonchev–Trinajstić information content (AvgIpc) is 3.33. The third-order valence-corrected chi connectivity index (χ3v) is 5.43. The quantitative estimate of drug-likeness (QED) is 0.645. The van der Waals surface area contributed by atoms with Gasteiger partial charge in [-0.15, -0.1) is 11.3 Å². The van der Waals surface area contributed by atoms with Gasteiger partial charge in [-0.25, -0.2) is 4.98 Å². The summed E-state index contributed by atoms with van der Waals surface area (Å²) in [6.07, 6.45) is 2.03. The molecular formula is C18H20Cl2N2O2S. The van der Waals surface area contributed by atoms with E-state index in [1.54, 1.807) is 18.2 Å². The van der Waals surface area contributed by atoms with Crippen LogP contribution in [0.4, 0.5) is 0 Å². The first kappa shape index (κ1) is 18.5. The lowest BCUT2D eigenvalue weighted by atomic mass is 10.2. The molecule has 25 heavy (non-hydrogen) atoms. The minimum Gasteiger partial charge on any atom is -0.485 e. The molecule has 4 nitrogen and oxygen atoms in total. The van der Waals surface area contributed by atoms with Crippen LogP contribution in [0.25, 0.3) is 0 Å². The molecule has 1 saturated carbocycles. The Balaban J connectivity index is 1.61. The zero-order valence-electron chi connectivity index (χ0n) is 14.2. The van der Waals surface area contributed by atoms with E-state index in [1.165, 1.54) is 11.3 Å². The summed E-state index contributed by atoms with van der Waals surface area (Å²) in [6.45, 7) is 4.94. The van der Waals surface area contributed by atoms with Crippen molar-refractivity contribution in [2.24, 2.45) is 5.92 Å². The molecule has 2 aromatic rings. The molecule has 0 saturated heterocycles. The summed E-state index contributed by atoms with van der Waals surface area (Å²) in [4.78, 5) is 18.9. The van der Waals surface area contributed by atoms with E-state index in [0.717, 1.165) is 23.5 Å². The van der Waals surface area contributed by atoms with Crippen LogP contribution >= 0.6 is 34.5 Å². The van der Waals surface area contributed by atoms with E-state index in [2.05, 4.69) is 4.98 Å². The van der Waals surface area contributed by atoms with Crippen LogP contribution in [0, 0.1) is 5.92 Å². The number of benzene rings is 1. The molecular weight excluding hydrogens is 379 g/mol. The number of thiazole rings is 1.